The van der Waals surface area contributed by atoms with Crippen molar-refractivity contribution < 1.29 is 9.31 Å². The summed E-state index contributed by atoms with van der Waals surface area (Å²) in [4.78, 5) is 10.1. The Hall–Kier alpha value is -2.15. The Labute approximate surface area is 122 Å². The molecule has 2 aromatic rings. The first-order valence-corrected chi connectivity index (χ1v) is 6.48. The van der Waals surface area contributed by atoms with Crippen LogP contribution in [-0.4, -0.2) is 4.92 Å². The van der Waals surface area contributed by atoms with Crippen LogP contribution >= 0.6 is 15.9 Å². The van der Waals surface area contributed by atoms with Gasteiger partial charge in [-0.15, -0.1) is 0 Å². The molecule has 7 heteroatoms. The van der Waals surface area contributed by atoms with Gasteiger partial charge in [0.25, 0.3) is 5.69 Å². The lowest BCUT2D eigenvalue weighted by Gasteiger charge is -2.10. The molecule has 0 saturated heterocycles. The predicted molar refractivity (Wildman–Crippen MR) is 78.9 cm³/mol. The van der Waals surface area contributed by atoms with Crippen molar-refractivity contribution in [2.24, 2.45) is 0 Å². The molecule has 2 rings (SSSR count). The van der Waals surface area contributed by atoms with Crippen LogP contribution in [-0.2, 0) is 6.54 Å². The second kappa shape index (κ2) is 5.87. The van der Waals surface area contributed by atoms with Crippen LogP contribution in [0, 0.1) is 15.9 Å². The average Bonchev–Trinajstić information content (AvgIpc) is 2.40. The van der Waals surface area contributed by atoms with E-state index in [1.165, 1.54) is 24.3 Å². The van der Waals surface area contributed by atoms with Gasteiger partial charge < -0.3 is 11.1 Å². The van der Waals surface area contributed by atoms with Crippen molar-refractivity contribution in [2.75, 3.05) is 11.1 Å². The number of hydrogen-bond acceptors (Lipinski definition) is 4. The monoisotopic (exact) mass is 339 g/mol. The molecule has 0 atom stereocenters. The summed E-state index contributed by atoms with van der Waals surface area (Å²) in [7, 11) is 0. The van der Waals surface area contributed by atoms with Crippen LogP contribution in [0.25, 0.3) is 0 Å². The standard InChI is InChI=1S/C13H11BrFN3O2/c14-9-1-3-11(15)8(5-9)7-17-13-4-2-10(18(19)20)6-12(13)16/h1-6,17H,7,16H2. The molecule has 0 radical (unpaired) electrons. The molecule has 2 aromatic carbocycles. The summed E-state index contributed by atoms with van der Waals surface area (Å²) in [5, 5.41) is 13.6. The molecular formula is C13H11BrFN3O2. The van der Waals surface area contributed by atoms with E-state index in [4.69, 9.17) is 5.73 Å². The van der Waals surface area contributed by atoms with Crippen molar-refractivity contribution in [3.63, 3.8) is 0 Å². The molecular weight excluding hydrogens is 329 g/mol. The van der Waals surface area contributed by atoms with E-state index in [-0.39, 0.29) is 23.7 Å². The zero-order chi connectivity index (χ0) is 14.7. The van der Waals surface area contributed by atoms with Gasteiger partial charge in [-0.1, -0.05) is 15.9 Å². The molecule has 0 aliphatic rings. The highest BCUT2D eigenvalue weighted by molar-refractivity contribution is 9.10. The zero-order valence-corrected chi connectivity index (χ0v) is 11.9. The molecule has 0 bridgehead atoms. The molecule has 0 fully saturated rings. The number of non-ortho nitro benzene ring substituents is 1. The van der Waals surface area contributed by atoms with Gasteiger partial charge >= 0.3 is 0 Å². The lowest BCUT2D eigenvalue weighted by molar-refractivity contribution is -0.384. The van der Waals surface area contributed by atoms with E-state index in [0.29, 0.717) is 11.3 Å². The van der Waals surface area contributed by atoms with Crippen molar-refractivity contribution in [3.05, 3.63) is 62.4 Å². The molecule has 104 valence electrons. The lowest BCUT2D eigenvalue weighted by atomic mass is 10.2. The second-order valence-corrected chi connectivity index (χ2v) is 5.03. The molecule has 20 heavy (non-hydrogen) atoms. The van der Waals surface area contributed by atoms with E-state index in [9.17, 15) is 14.5 Å². The number of nitrogens with two attached hydrogens (primary N) is 1. The summed E-state index contributed by atoms with van der Waals surface area (Å²) in [6.45, 7) is 0.229. The van der Waals surface area contributed by atoms with Crippen LogP contribution < -0.4 is 11.1 Å². The molecule has 0 amide bonds. The third-order valence-corrected chi connectivity index (χ3v) is 3.22. The number of nitrogens with zero attached hydrogens (tertiary/aromatic N) is 1. The summed E-state index contributed by atoms with van der Waals surface area (Å²) < 4.78 is 14.3. The third kappa shape index (κ3) is 3.24. The van der Waals surface area contributed by atoms with E-state index >= 15 is 0 Å². The Kier molecular flexibility index (Phi) is 4.19. The quantitative estimate of drug-likeness (QED) is 0.505. The molecule has 0 heterocycles. The number of hydrogen-bond donors (Lipinski definition) is 2. The van der Waals surface area contributed by atoms with Crippen LogP contribution in [0.1, 0.15) is 5.56 Å². The smallest absolute Gasteiger partial charge is 0.271 e. The Bertz CT molecular complexity index is 664. The van der Waals surface area contributed by atoms with Gasteiger partial charge in [0, 0.05) is 28.7 Å². The van der Waals surface area contributed by atoms with Crippen molar-refractivity contribution >= 4 is 33.0 Å². The molecule has 0 saturated carbocycles. The summed E-state index contributed by atoms with van der Waals surface area (Å²) in [5.41, 5.74) is 6.88. The van der Waals surface area contributed by atoms with E-state index in [2.05, 4.69) is 21.2 Å². The molecule has 3 N–H and O–H groups in total. The minimum Gasteiger partial charge on any atom is -0.397 e. The second-order valence-electron chi connectivity index (χ2n) is 4.12. The Morgan fingerprint density at radius 2 is 2.05 bits per heavy atom. The molecule has 0 aliphatic heterocycles. The van der Waals surface area contributed by atoms with Gasteiger partial charge in [0.15, 0.2) is 0 Å². The number of nitrogens with one attached hydrogen (secondary N) is 1. The predicted octanol–water partition coefficient (Wildman–Crippen LogP) is 3.69. The first kappa shape index (κ1) is 14.3. The van der Waals surface area contributed by atoms with E-state index in [1.54, 1.807) is 12.1 Å². The van der Waals surface area contributed by atoms with Crippen molar-refractivity contribution in [3.8, 4) is 0 Å². The van der Waals surface area contributed by atoms with Gasteiger partial charge in [0.2, 0.25) is 0 Å². The number of halogens is 2. The van der Waals surface area contributed by atoms with Crippen LogP contribution in [0.4, 0.5) is 21.5 Å². The van der Waals surface area contributed by atoms with Gasteiger partial charge in [0.05, 0.1) is 16.3 Å². The fourth-order valence-corrected chi connectivity index (χ4v) is 2.10. The van der Waals surface area contributed by atoms with Crippen molar-refractivity contribution in [1.29, 1.82) is 0 Å². The normalized spacial score (nSPS) is 10.3. The molecule has 0 spiro atoms. The number of benzene rings is 2. The summed E-state index contributed by atoms with van der Waals surface area (Å²) in [6.07, 6.45) is 0. The number of anilines is 2. The Morgan fingerprint density at radius 3 is 2.70 bits per heavy atom. The Balaban J connectivity index is 2.15. The minimum atomic E-state index is -0.520. The van der Waals surface area contributed by atoms with Crippen LogP contribution in [0.3, 0.4) is 0 Å². The van der Waals surface area contributed by atoms with Crippen LogP contribution in [0.5, 0.6) is 0 Å². The van der Waals surface area contributed by atoms with Gasteiger partial charge in [-0.3, -0.25) is 10.1 Å². The van der Waals surface area contributed by atoms with Crippen LogP contribution in [0.15, 0.2) is 40.9 Å². The van der Waals surface area contributed by atoms with Crippen molar-refractivity contribution in [2.45, 2.75) is 6.54 Å². The first-order chi connectivity index (χ1) is 9.47. The van der Waals surface area contributed by atoms with E-state index in [0.717, 1.165) is 4.47 Å². The SMILES string of the molecule is Nc1cc([N+](=O)[O-])ccc1NCc1cc(Br)ccc1F. The van der Waals surface area contributed by atoms with Gasteiger partial charge in [-0.25, -0.2) is 4.39 Å². The Morgan fingerprint density at radius 1 is 1.30 bits per heavy atom. The maximum atomic E-state index is 13.6. The highest BCUT2D eigenvalue weighted by Gasteiger charge is 2.09. The topological polar surface area (TPSA) is 81.2 Å². The lowest BCUT2D eigenvalue weighted by Crippen LogP contribution is -2.04. The fourth-order valence-electron chi connectivity index (χ4n) is 1.69. The zero-order valence-electron chi connectivity index (χ0n) is 10.3. The van der Waals surface area contributed by atoms with Gasteiger partial charge in [-0.2, -0.15) is 0 Å². The first-order valence-electron chi connectivity index (χ1n) is 5.69. The number of nitro groups is 1. The van der Waals surface area contributed by atoms with E-state index in [1.807, 2.05) is 0 Å². The molecule has 0 aliphatic carbocycles. The number of nitrogen functional groups attached to an aromatic ring is 1. The van der Waals surface area contributed by atoms with Crippen molar-refractivity contribution in [1.82, 2.24) is 0 Å². The van der Waals surface area contributed by atoms with E-state index < -0.39 is 4.92 Å². The molecule has 0 aromatic heterocycles. The van der Waals surface area contributed by atoms with Gasteiger partial charge in [0.1, 0.15) is 5.82 Å². The molecule has 5 nitrogen and oxygen atoms in total. The number of nitro benzene ring substituents is 1. The summed E-state index contributed by atoms with van der Waals surface area (Å²) >= 11 is 3.27. The maximum absolute atomic E-state index is 13.6. The van der Waals surface area contributed by atoms with Crippen LogP contribution in [0.2, 0.25) is 0 Å². The maximum Gasteiger partial charge on any atom is 0.271 e. The largest absolute Gasteiger partial charge is 0.397 e. The molecule has 0 unspecified atom stereocenters. The fraction of sp³-hybridized carbons (Fsp3) is 0.0769. The summed E-state index contributed by atoms with van der Waals surface area (Å²) in [6, 6.07) is 8.74. The summed E-state index contributed by atoms with van der Waals surface area (Å²) in [5.74, 6) is -0.332. The minimum absolute atomic E-state index is 0.0818. The highest BCUT2D eigenvalue weighted by atomic mass is 79.9. The third-order valence-electron chi connectivity index (χ3n) is 2.72. The van der Waals surface area contributed by atoms with Gasteiger partial charge in [-0.05, 0) is 24.3 Å². The average molecular weight is 340 g/mol. The highest BCUT2D eigenvalue weighted by Crippen LogP contribution is 2.25. The number of rotatable bonds is 4.